The Hall–Kier alpha value is -2.65. The molecule has 1 aliphatic rings. The highest BCUT2D eigenvalue weighted by Crippen LogP contribution is 2.38. The van der Waals surface area contributed by atoms with Crippen LogP contribution < -0.4 is 5.32 Å². The predicted molar refractivity (Wildman–Crippen MR) is 147 cm³/mol. The molecule has 1 amide bonds. The first kappa shape index (κ1) is 26.9. The molecule has 198 valence electrons. The van der Waals surface area contributed by atoms with E-state index in [1.165, 1.54) is 0 Å². The SMILES string of the molecule is O=C(NCc1ccc(C2OC(Cn3cnc4ccccc43)CC(c3ccc(CO)cc3)O2)cc1)C(Cl)(Cl)Cl. The Kier molecular flexibility index (Phi) is 8.23. The monoisotopic (exact) mass is 573 g/mol. The maximum atomic E-state index is 11.8. The minimum Gasteiger partial charge on any atom is -0.392 e. The van der Waals surface area contributed by atoms with Crippen molar-refractivity contribution in [2.45, 2.75) is 48.4 Å². The third-order valence-electron chi connectivity index (χ3n) is 6.51. The van der Waals surface area contributed by atoms with Crippen molar-refractivity contribution in [2.24, 2.45) is 0 Å². The van der Waals surface area contributed by atoms with Crippen molar-refractivity contribution in [2.75, 3.05) is 0 Å². The number of hydrogen-bond donors (Lipinski definition) is 2. The van der Waals surface area contributed by atoms with Crippen molar-refractivity contribution in [1.82, 2.24) is 14.9 Å². The van der Waals surface area contributed by atoms with Gasteiger partial charge in [0.1, 0.15) is 0 Å². The van der Waals surface area contributed by atoms with Crippen LogP contribution in [0, 0.1) is 0 Å². The molecule has 3 unspecified atom stereocenters. The van der Waals surface area contributed by atoms with E-state index in [1.54, 1.807) is 0 Å². The summed E-state index contributed by atoms with van der Waals surface area (Å²) in [6.45, 7) is 0.824. The van der Waals surface area contributed by atoms with Crippen LogP contribution >= 0.6 is 34.8 Å². The van der Waals surface area contributed by atoms with Crippen LogP contribution in [0.3, 0.4) is 0 Å². The lowest BCUT2D eigenvalue weighted by Gasteiger charge is -2.36. The number of fused-ring (bicyclic) bond motifs is 1. The van der Waals surface area contributed by atoms with E-state index in [2.05, 4.69) is 14.9 Å². The predicted octanol–water partition coefficient (Wildman–Crippen LogP) is 5.76. The number of benzene rings is 3. The molecule has 7 nitrogen and oxygen atoms in total. The standard InChI is InChI=1S/C28H26Cl3N3O4/c29-28(30,31)27(36)32-14-18-5-11-21(12-6-18)26-37-22(15-34-17-33-23-3-1-2-4-24(23)34)13-25(38-26)20-9-7-19(16-35)8-10-20/h1-12,17,22,25-26,35H,13-16H2,(H,32,36). The second kappa shape index (κ2) is 11.6. The van der Waals surface area contributed by atoms with Crippen LogP contribution in [0.5, 0.6) is 0 Å². The van der Waals surface area contributed by atoms with Gasteiger partial charge in [-0.2, -0.15) is 0 Å². The second-order valence-corrected chi connectivity index (χ2v) is 11.4. The minimum atomic E-state index is -2.01. The molecule has 1 saturated heterocycles. The van der Waals surface area contributed by atoms with Crippen molar-refractivity contribution in [3.63, 3.8) is 0 Å². The second-order valence-electron chi connectivity index (χ2n) is 9.16. The molecule has 1 fully saturated rings. The first-order chi connectivity index (χ1) is 18.3. The fourth-order valence-corrected chi connectivity index (χ4v) is 4.68. The number of rotatable bonds is 7. The number of aliphatic hydroxyl groups is 1. The van der Waals surface area contributed by atoms with Crippen molar-refractivity contribution in [1.29, 1.82) is 0 Å². The largest absolute Gasteiger partial charge is 0.392 e. The molecule has 3 atom stereocenters. The molecule has 0 spiro atoms. The van der Waals surface area contributed by atoms with Gasteiger partial charge in [-0.05, 0) is 28.8 Å². The van der Waals surface area contributed by atoms with Gasteiger partial charge >= 0.3 is 0 Å². The Morgan fingerprint density at radius 2 is 1.66 bits per heavy atom. The molecule has 38 heavy (non-hydrogen) atoms. The van der Waals surface area contributed by atoms with Gasteiger partial charge in [0.25, 0.3) is 9.70 Å². The van der Waals surface area contributed by atoms with Crippen LogP contribution in [-0.4, -0.2) is 30.5 Å². The highest BCUT2D eigenvalue weighted by atomic mass is 35.6. The molecule has 0 bridgehead atoms. The summed E-state index contributed by atoms with van der Waals surface area (Å²) in [5.74, 6) is -0.685. The summed E-state index contributed by atoms with van der Waals surface area (Å²) in [5, 5.41) is 12.0. The van der Waals surface area contributed by atoms with E-state index in [-0.39, 0.29) is 25.4 Å². The van der Waals surface area contributed by atoms with Crippen LogP contribution in [-0.2, 0) is 34.0 Å². The number of para-hydroxylation sites is 2. The normalized spacial score (nSPS) is 19.9. The van der Waals surface area contributed by atoms with E-state index in [9.17, 15) is 9.90 Å². The van der Waals surface area contributed by atoms with E-state index >= 15 is 0 Å². The van der Waals surface area contributed by atoms with Crippen LogP contribution in [0.25, 0.3) is 11.0 Å². The number of amides is 1. The van der Waals surface area contributed by atoms with E-state index in [4.69, 9.17) is 44.3 Å². The highest BCUT2D eigenvalue weighted by Gasteiger charge is 2.33. The fraction of sp³-hybridized carbons (Fsp3) is 0.286. The summed E-state index contributed by atoms with van der Waals surface area (Å²) in [4.78, 5) is 16.4. The summed E-state index contributed by atoms with van der Waals surface area (Å²) >= 11 is 16.9. The van der Waals surface area contributed by atoms with Crippen LogP contribution in [0.1, 0.15) is 41.1 Å². The number of ether oxygens (including phenoxy) is 2. The summed E-state index contributed by atoms with van der Waals surface area (Å²) in [7, 11) is 0. The van der Waals surface area contributed by atoms with Gasteiger partial charge < -0.3 is 24.5 Å². The zero-order valence-corrected chi connectivity index (χ0v) is 22.5. The molecule has 3 aromatic carbocycles. The molecular formula is C28H26Cl3N3O4. The molecule has 1 aliphatic heterocycles. The first-order valence-corrected chi connectivity index (χ1v) is 13.3. The lowest BCUT2D eigenvalue weighted by molar-refractivity contribution is -0.252. The van der Waals surface area contributed by atoms with Gasteiger partial charge in [-0.15, -0.1) is 0 Å². The van der Waals surface area contributed by atoms with Gasteiger partial charge in [0, 0.05) is 18.5 Å². The Labute approximate surface area is 235 Å². The summed E-state index contributed by atoms with van der Waals surface area (Å²) < 4.78 is 13.0. The molecule has 4 aromatic rings. The van der Waals surface area contributed by atoms with E-state index in [1.807, 2.05) is 79.1 Å². The molecule has 10 heteroatoms. The number of carbonyl (C=O) groups is 1. The third kappa shape index (κ3) is 6.31. The molecular weight excluding hydrogens is 549 g/mol. The molecule has 2 N–H and O–H groups in total. The average Bonchev–Trinajstić information content (AvgIpc) is 3.34. The van der Waals surface area contributed by atoms with E-state index in [0.29, 0.717) is 13.0 Å². The average molecular weight is 575 g/mol. The van der Waals surface area contributed by atoms with Gasteiger partial charge in [0.05, 0.1) is 42.7 Å². The maximum Gasteiger partial charge on any atom is 0.272 e. The Balaban J connectivity index is 1.35. The number of carbonyl (C=O) groups excluding carboxylic acids is 1. The lowest BCUT2D eigenvalue weighted by Crippen LogP contribution is -2.34. The van der Waals surface area contributed by atoms with Gasteiger partial charge in [-0.3, -0.25) is 4.79 Å². The Morgan fingerprint density at radius 1 is 0.974 bits per heavy atom. The van der Waals surface area contributed by atoms with Crippen molar-refractivity contribution in [3.05, 3.63) is 101 Å². The highest BCUT2D eigenvalue weighted by molar-refractivity contribution is 6.76. The molecule has 0 radical (unpaired) electrons. The third-order valence-corrected chi connectivity index (χ3v) is 7.02. The van der Waals surface area contributed by atoms with Gasteiger partial charge in [-0.25, -0.2) is 4.98 Å². The number of nitrogens with zero attached hydrogens (tertiary/aromatic N) is 2. The number of aliphatic hydroxyl groups excluding tert-OH is 1. The summed E-state index contributed by atoms with van der Waals surface area (Å²) in [5.41, 5.74) is 5.52. The van der Waals surface area contributed by atoms with Gasteiger partial charge in [0.2, 0.25) is 0 Å². The number of hydrogen-bond acceptors (Lipinski definition) is 5. The zero-order valence-electron chi connectivity index (χ0n) is 20.3. The molecule has 0 saturated carbocycles. The van der Waals surface area contributed by atoms with Crippen molar-refractivity contribution in [3.8, 4) is 0 Å². The number of halogens is 3. The smallest absolute Gasteiger partial charge is 0.272 e. The lowest BCUT2D eigenvalue weighted by atomic mass is 9.99. The van der Waals surface area contributed by atoms with E-state index < -0.39 is 16.0 Å². The van der Waals surface area contributed by atoms with E-state index in [0.717, 1.165) is 33.3 Å². The van der Waals surface area contributed by atoms with Gasteiger partial charge in [-0.1, -0.05) is 95.5 Å². The Bertz CT molecular complexity index is 1390. The molecule has 2 heterocycles. The quantitative estimate of drug-likeness (QED) is 0.274. The van der Waals surface area contributed by atoms with Crippen LogP contribution in [0.15, 0.2) is 79.1 Å². The summed E-state index contributed by atoms with van der Waals surface area (Å²) in [6.07, 6.45) is 1.55. The molecule has 5 rings (SSSR count). The van der Waals surface area contributed by atoms with Crippen molar-refractivity contribution >= 4 is 51.7 Å². The zero-order chi connectivity index (χ0) is 26.7. The number of nitrogens with one attached hydrogen (secondary N) is 1. The summed E-state index contributed by atoms with van der Waals surface area (Å²) in [6, 6.07) is 23.3. The van der Waals surface area contributed by atoms with Crippen LogP contribution in [0.2, 0.25) is 0 Å². The number of imidazole rings is 1. The number of alkyl halides is 3. The Morgan fingerprint density at radius 3 is 2.37 bits per heavy atom. The fourth-order valence-electron chi connectivity index (χ4n) is 4.48. The first-order valence-electron chi connectivity index (χ1n) is 12.1. The topological polar surface area (TPSA) is 85.6 Å². The maximum absolute atomic E-state index is 11.8. The van der Waals surface area contributed by atoms with Crippen molar-refractivity contribution < 1.29 is 19.4 Å². The minimum absolute atomic E-state index is 0.0116. The number of aromatic nitrogens is 2. The van der Waals surface area contributed by atoms with Gasteiger partial charge in [0.15, 0.2) is 6.29 Å². The van der Waals surface area contributed by atoms with Crippen LogP contribution in [0.4, 0.5) is 0 Å². The molecule has 0 aliphatic carbocycles. The molecule has 1 aromatic heterocycles.